The molecule has 0 aliphatic carbocycles. The number of hydrogen-bond donors (Lipinski definition) is 0. The van der Waals surface area contributed by atoms with Gasteiger partial charge in [-0.1, -0.05) is 48.0 Å². The van der Waals surface area contributed by atoms with E-state index in [1.807, 2.05) is 18.2 Å². The third-order valence-electron chi connectivity index (χ3n) is 4.95. The molecule has 0 saturated carbocycles. The number of nitrogens with zero attached hydrogens (tertiary/aromatic N) is 1. The van der Waals surface area contributed by atoms with Gasteiger partial charge in [0.25, 0.3) is 11.1 Å². The number of hydrogen-bond acceptors (Lipinski definition) is 5. The summed E-state index contributed by atoms with van der Waals surface area (Å²) in [7, 11) is 1.53. The van der Waals surface area contributed by atoms with Crippen LogP contribution in [0.1, 0.15) is 16.7 Å². The van der Waals surface area contributed by atoms with Crippen LogP contribution in [0.3, 0.4) is 0 Å². The summed E-state index contributed by atoms with van der Waals surface area (Å²) in [4.78, 5) is 26.6. The van der Waals surface area contributed by atoms with Crippen LogP contribution in [0.5, 0.6) is 11.5 Å². The molecule has 1 aliphatic rings. The standard InChI is InChI=1S/C25H19ClFNO4S/c1-31-22-12-17(8-11-21(22)32-15-18-4-2-3-5-20(18)26)13-23-24(29)28(25(30)33-23)14-16-6-9-19(27)10-7-16/h2-13H,14-15H2,1H3/b23-13-. The molecule has 3 aromatic carbocycles. The van der Waals surface area contributed by atoms with Crippen LogP contribution < -0.4 is 9.47 Å². The van der Waals surface area contributed by atoms with Gasteiger partial charge in [0.15, 0.2) is 11.5 Å². The number of rotatable bonds is 7. The molecular formula is C25H19ClFNO4S. The van der Waals surface area contributed by atoms with Gasteiger partial charge in [-0.25, -0.2) is 4.39 Å². The monoisotopic (exact) mass is 483 g/mol. The Kier molecular flexibility index (Phi) is 7.01. The van der Waals surface area contributed by atoms with Crippen LogP contribution in [0.25, 0.3) is 6.08 Å². The summed E-state index contributed by atoms with van der Waals surface area (Å²) in [6.07, 6.45) is 1.63. The van der Waals surface area contributed by atoms with Gasteiger partial charge in [-0.15, -0.1) is 0 Å². The van der Waals surface area contributed by atoms with Crippen LogP contribution in [0.2, 0.25) is 5.02 Å². The Morgan fingerprint density at radius 1 is 1.03 bits per heavy atom. The lowest BCUT2D eigenvalue weighted by Crippen LogP contribution is -2.27. The molecule has 0 spiro atoms. The second kappa shape index (κ2) is 10.1. The molecule has 33 heavy (non-hydrogen) atoms. The molecule has 8 heteroatoms. The van der Waals surface area contributed by atoms with Crippen LogP contribution in [0.4, 0.5) is 9.18 Å². The first-order valence-electron chi connectivity index (χ1n) is 9.98. The van der Waals surface area contributed by atoms with Crippen LogP contribution in [-0.4, -0.2) is 23.2 Å². The van der Waals surface area contributed by atoms with Gasteiger partial charge in [0, 0.05) is 10.6 Å². The maximum atomic E-state index is 13.1. The van der Waals surface area contributed by atoms with Crippen molar-refractivity contribution in [2.45, 2.75) is 13.2 Å². The fourth-order valence-electron chi connectivity index (χ4n) is 3.22. The Bertz CT molecular complexity index is 1230. The first-order chi connectivity index (χ1) is 15.9. The molecule has 0 unspecified atom stereocenters. The zero-order valence-corrected chi connectivity index (χ0v) is 19.2. The average Bonchev–Trinajstić information content (AvgIpc) is 3.07. The van der Waals surface area contributed by atoms with E-state index in [1.54, 1.807) is 42.5 Å². The van der Waals surface area contributed by atoms with Crippen molar-refractivity contribution in [3.63, 3.8) is 0 Å². The molecular weight excluding hydrogens is 465 g/mol. The normalized spacial score (nSPS) is 14.8. The molecule has 0 atom stereocenters. The number of imide groups is 1. The molecule has 3 aromatic rings. The van der Waals surface area contributed by atoms with Crippen molar-refractivity contribution in [3.8, 4) is 11.5 Å². The third kappa shape index (κ3) is 5.38. The van der Waals surface area contributed by atoms with Gasteiger partial charge in [-0.05, 0) is 59.3 Å². The number of methoxy groups -OCH3 is 1. The van der Waals surface area contributed by atoms with Crippen molar-refractivity contribution in [1.29, 1.82) is 0 Å². The van der Waals surface area contributed by atoms with E-state index < -0.39 is 5.91 Å². The van der Waals surface area contributed by atoms with E-state index in [9.17, 15) is 14.0 Å². The van der Waals surface area contributed by atoms with E-state index in [-0.39, 0.29) is 24.2 Å². The van der Waals surface area contributed by atoms with Gasteiger partial charge in [0.1, 0.15) is 12.4 Å². The Morgan fingerprint density at radius 3 is 2.52 bits per heavy atom. The average molecular weight is 484 g/mol. The lowest BCUT2D eigenvalue weighted by atomic mass is 10.1. The Hall–Kier alpha value is -3.29. The highest BCUT2D eigenvalue weighted by atomic mass is 35.5. The maximum absolute atomic E-state index is 13.1. The van der Waals surface area contributed by atoms with E-state index in [4.69, 9.17) is 21.1 Å². The summed E-state index contributed by atoms with van der Waals surface area (Å²) < 4.78 is 24.4. The number of carbonyl (C=O) groups is 2. The van der Waals surface area contributed by atoms with Gasteiger partial charge >= 0.3 is 0 Å². The minimum Gasteiger partial charge on any atom is -0.493 e. The van der Waals surface area contributed by atoms with Gasteiger partial charge < -0.3 is 9.47 Å². The minimum absolute atomic E-state index is 0.0838. The Balaban J connectivity index is 1.49. The van der Waals surface area contributed by atoms with Crippen LogP contribution in [0.15, 0.2) is 71.6 Å². The van der Waals surface area contributed by atoms with Crippen molar-refractivity contribution >= 4 is 40.6 Å². The molecule has 5 nitrogen and oxygen atoms in total. The molecule has 1 aliphatic heterocycles. The van der Waals surface area contributed by atoms with Crippen molar-refractivity contribution in [2.75, 3.05) is 7.11 Å². The lowest BCUT2D eigenvalue weighted by Gasteiger charge is -2.13. The topological polar surface area (TPSA) is 55.8 Å². The molecule has 0 aromatic heterocycles. The highest BCUT2D eigenvalue weighted by Gasteiger charge is 2.35. The van der Waals surface area contributed by atoms with E-state index in [0.29, 0.717) is 32.6 Å². The molecule has 1 saturated heterocycles. The predicted molar refractivity (Wildman–Crippen MR) is 127 cm³/mol. The van der Waals surface area contributed by atoms with Gasteiger partial charge in [0.05, 0.1) is 18.6 Å². The number of halogens is 2. The van der Waals surface area contributed by atoms with Crippen molar-refractivity contribution < 1.29 is 23.5 Å². The summed E-state index contributed by atoms with van der Waals surface area (Å²) >= 11 is 7.04. The number of thioether (sulfide) groups is 1. The molecule has 0 bridgehead atoms. The van der Waals surface area contributed by atoms with Crippen LogP contribution in [-0.2, 0) is 17.9 Å². The number of amides is 2. The minimum atomic E-state index is -0.396. The number of benzene rings is 3. The zero-order valence-electron chi connectivity index (χ0n) is 17.6. The number of ether oxygens (including phenoxy) is 2. The van der Waals surface area contributed by atoms with Crippen molar-refractivity contribution in [2.24, 2.45) is 0 Å². The quantitative estimate of drug-likeness (QED) is 0.369. The predicted octanol–water partition coefficient (Wildman–Crippen LogP) is 6.30. The van der Waals surface area contributed by atoms with Gasteiger partial charge in [0.2, 0.25) is 0 Å². The first kappa shape index (κ1) is 22.9. The van der Waals surface area contributed by atoms with E-state index in [1.165, 1.54) is 19.2 Å². The molecule has 168 valence electrons. The highest BCUT2D eigenvalue weighted by molar-refractivity contribution is 8.18. The molecule has 2 amide bonds. The highest BCUT2D eigenvalue weighted by Crippen LogP contribution is 2.35. The zero-order chi connectivity index (χ0) is 23.4. The van der Waals surface area contributed by atoms with Crippen LogP contribution in [0, 0.1) is 5.82 Å². The summed E-state index contributed by atoms with van der Waals surface area (Å²) in [5, 5.41) is 0.242. The van der Waals surface area contributed by atoms with E-state index >= 15 is 0 Å². The van der Waals surface area contributed by atoms with Crippen molar-refractivity contribution in [3.05, 3.63) is 99.2 Å². The smallest absolute Gasteiger partial charge is 0.293 e. The van der Waals surface area contributed by atoms with Crippen LogP contribution >= 0.6 is 23.4 Å². The van der Waals surface area contributed by atoms with E-state index in [2.05, 4.69) is 0 Å². The summed E-state index contributed by atoms with van der Waals surface area (Å²) in [6.45, 7) is 0.359. The van der Waals surface area contributed by atoms with E-state index in [0.717, 1.165) is 22.2 Å². The number of carbonyl (C=O) groups excluding carboxylic acids is 2. The van der Waals surface area contributed by atoms with Gasteiger partial charge in [-0.3, -0.25) is 14.5 Å². The molecule has 1 heterocycles. The molecule has 1 fully saturated rings. The Labute approximate surface area is 199 Å². The molecule has 0 N–H and O–H groups in total. The second-order valence-electron chi connectivity index (χ2n) is 7.18. The second-order valence-corrected chi connectivity index (χ2v) is 8.59. The SMILES string of the molecule is COc1cc(/C=C2\SC(=O)N(Cc3ccc(F)cc3)C2=O)ccc1OCc1ccccc1Cl. The Morgan fingerprint density at radius 2 is 1.79 bits per heavy atom. The molecule has 0 radical (unpaired) electrons. The third-order valence-corrected chi connectivity index (χ3v) is 6.23. The molecule has 4 rings (SSSR count). The van der Waals surface area contributed by atoms with Gasteiger partial charge in [-0.2, -0.15) is 0 Å². The fourth-order valence-corrected chi connectivity index (χ4v) is 4.25. The fraction of sp³-hybridized carbons (Fsp3) is 0.120. The summed E-state index contributed by atoms with van der Waals surface area (Å²) in [5.41, 5.74) is 2.20. The lowest BCUT2D eigenvalue weighted by molar-refractivity contribution is -0.123. The summed E-state index contributed by atoms with van der Waals surface area (Å²) in [5.74, 6) is 0.244. The largest absolute Gasteiger partial charge is 0.493 e. The maximum Gasteiger partial charge on any atom is 0.293 e. The van der Waals surface area contributed by atoms with Crippen molar-refractivity contribution in [1.82, 2.24) is 4.90 Å². The first-order valence-corrected chi connectivity index (χ1v) is 11.2. The summed E-state index contributed by atoms with van der Waals surface area (Å²) in [6, 6.07) is 18.4.